The minimum atomic E-state index is -2.90. The molecule has 1 heterocycles. The summed E-state index contributed by atoms with van der Waals surface area (Å²) in [5, 5.41) is -1.00. The number of nitrogen functional groups attached to an aromatic ring is 1. The Bertz CT molecular complexity index is 386. The van der Waals surface area contributed by atoms with Gasteiger partial charge in [-0.3, -0.25) is 4.79 Å². The van der Waals surface area contributed by atoms with Crippen LogP contribution < -0.4 is 5.73 Å². The number of carbonyl (C=O) groups excluding carboxylic acids is 1. The van der Waals surface area contributed by atoms with E-state index in [1.54, 1.807) is 0 Å². The van der Waals surface area contributed by atoms with Crippen LogP contribution in [0.2, 0.25) is 0 Å². The van der Waals surface area contributed by atoms with Gasteiger partial charge in [-0.1, -0.05) is 0 Å². The maximum atomic E-state index is 12.4. The molecule has 0 saturated heterocycles. The molecular formula is C7H4BrClF2N2O. The number of alkyl halides is 2. The van der Waals surface area contributed by atoms with Crippen molar-refractivity contribution in [1.82, 2.24) is 4.98 Å². The summed E-state index contributed by atoms with van der Waals surface area (Å²) in [6.07, 6.45) is -2.90. The van der Waals surface area contributed by atoms with Crippen LogP contribution in [0.1, 0.15) is 22.5 Å². The summed E-state index contributed by atoms with van der Waals surface area (Å²) in [6.45, 7) is 0. The lowest BCUT2D eigenvalue weighted by atomic mass is 10.2. The highest BCUT2D eigenvalue weighted by Crippen LogP contribution is 2.29. The predicted molar refractivity (Wildman–Crippen MR) is 51.5 cm³/mol. The fourth-order valence-electron chi connectivity index (χ4n) is 0.904. The fourth-order valence-corrected chi connectivity index (χ4v) is 1.83. The summed E-state index contributed by atoms with van der Waals surface area (Å²) in [5.41, 5.74) is 4.18. The van der Waals surface area contributed by atoms with Crippen LogP contribution in [0.5, 0.6) is 0 Å². The van der Waals surface area contributed by atoms with E-state index < -0.39 is 17.4 Å². The Morgan fingerprint density at radius 1 is 1.64 bits per heavy atom. The van der Waals surface area contributed by atoms with Gasteiger partial charge in [0, 0.05) is 4.47 Å². The highest BCUT2D eigenvalue weighted by molar-refractivity contribution is 9.10. The number of pyridine rings is 1. The molecule has 0 radical (unpaired) electrons. The van der Waals surface area contributed by atoms with Crippen molar-refractivity contribution in [3.8, 4) is 0 Å². The summed E-state index contributed by atoms with van der Waals surface area (Å²) in [4.78, 5) is 14.2. The first-order valence-electron chi connectivity index (χ1n) is 3.37. The Morgan fingerprint density at radius 3 is 2.64 bits per heavy atom. The zero-order chi connectivity index (χ0) is 10.9. The van der Waals surface area contributed by atoms with E-state index in [0.717, 1.165) is 0 Å². The van der Waals surface area contributed by atoms with Crippen molar-refractivity contribution >= 4 is 38.6 Å². The number of anilines is 1. The van der Waals surface area contributed by atoms with E-state index in [-0.39, 0.29) is 15.9 Å². The van der Waals surface area contributed by atoms with Crippen LogP contribution >= 0.6 is 27.5 Å². The van der Waals surface area contributed by atoms with Crippen LogP contribution in [0, 0.1) is 0 Å². The summed E-state index contributed by atoms with van der Waals surface area (Å²) in [5.74, 6) is -0.103. The number of hydrogen-bond donors (Lipinski definition) is 1. The summed E-state index contributed by atoms with van der Waals surface area (Å²) in [6, 6.07) is 1.24. The van der Waals surface area contributed by atoms with Gasteiger partial charge in [0.1, 0.15) is 11.5 Å². The molecule has 0 aromatic carbocycles. The summed E-state index contributed by atoms with van der Waals surface area (Å²) in [7, 11) is 0. The van der Waals surface area contributed by atoms with Crippen LogP contribution in [0.3, 0.4) is 0 Å². The SMILES string of the molecule is Nc1cc(Br)c(C(=O)Cl)c(C(F)F)n1. The van der Waals surface area contributed by atoms with E-state index in [1.165, 1.54) is 6.07 Å². The average molecular weight is 285 g/mol. The van der Waals surface area contributed by atoms with Crippen LogP contribution in [0.15, 0.2) is 10.5 Å². The molecule has 1 rings (SSSR count). The molecule has 76 valence electrons. The van der Waals surface area contributed by atoms with Crippen molar-refractivity contribution in [3.05, 3.63) is 21.8 Å². The van der Waals surface area contributed by atoms with Gasteiger partial charge in [-0.25, -0.2) is 13.8 Å². The van der Waals surface area contributed by atoms with E-state index in [1.807, 2.05) is 0 Å². The standard InChI is InChI=1S/C7H4BrClF2N2O/c8-2-1-3(12)13-5(7(10)11)4(2)6(9)14/h1,7H,(H2,12,13). The third kappa shape index (κ3) is 2.19. The summed E-state index contributed by atoms with van der Waals surface area (Å²) < 4.78 is 24.9. The molecule has 0 spiro atoms. The number of halogens is 4. The van der Waals surface area contributed by atoms with Crippen LogP contribution in [-0.4, -0.2) is 10.2 Å². The molecule has 0 amide bonds. The first-order chi connectivity index (χ1) is 6.43. The number of aromatic nitrogens is 1. The molecule has 0 fully saturated rings. The van der Waals surface area contributed by atoms with Gasteiger partial charge in [-0.2, -0.15) is 0 Å². The molecule has 0 aliphatic carbocycles. The lowest BCUT2D eigenvalue weighted by Gasteiger charge is -2.07. The molecule has 0 saturated carbocycles. The first kappa shape index (κ1) is 11.3. The molecular weight excluding hydrogens is 281 g/mol. The lowest BCUT2D eigenvalue weighted by Crippen LogP contribution is -2.05. The van der Waals surface area contributed by atoms with Crippen molar-refractivity contribution in [2.45, 2.75) is 6.43 Å². The third-order valence-electron chi connectivity index (χ3n) is 1.42. The molecule has 14 heavy (non-hydrogen) atoms. The van der Waals surface area contributed by atoms with E-state index >= 15 is 0 Å². The van der Waals surface area contributed by atoms with Gasteiger partial charge in [-0.15, -0.1) is 0 Å². The largest absolute Gasteiger partial charge is 0.384 e. The third-order valence-corrected chi connectivity index (χ3v) is 2.24. The molecule has 0 aliphatic heterocycles. The maximum absolute atomic E-state index is 12.4. The van der Waals surface area contributed by atoms with Crippen molar-refractivity contribution in [1.29, 1.82) is 0 Å². The molecule has 0 atom stereocenters. The minimum absolute atomic E-state index is 0.103. The Balaban J connectivity index is 3.44. The van der Waals surface area contributed by atoms with Gasteiger partial charge in [0.15, 0.2) is 0 Å². The lowest BCUT2D eigenvalue weighted by molar-refractivity contribution is 0.106. The molecule has 3 nitrogen and oxygen atoms in total. The quantitative estimate of drug-likeness (QED) is 0.850. The minimum Gasteiger partial charge on any atom is -0.384 e. The number of nitrogens with two attached hydrogens (primary N) is 1. The highest BCUT2D eigenvalue weighted by atomic mass is 79.9. The number of carbonyl (C=O) groups is 1. The molecule has 0 bridgehead atoms. The molecule has 0 aliphatic rings. The molecule has 1 aromatic rings. The average Bonchev–Trinajstić information content (AvgIpc) is 2.01. The zero-order valence-corrected chi connectivity index (χ0v) is 8.94. The molecule has 1 aromatic heterocycles. The van der Waals surface area contributed by atoms with Crippen molar-refractivity contribution in [2.24, 2.45) is 0 Å². The van der Waals surface area contributed by atoms with Crippen LogP contribution in [-0.2, 0) is 0 Å². The normalized spacial score (nSPS) is 10.6. The Morgan fingerprint density at radius 2 is 2.21 bits per heavy atom. The Kier molecular flexibility index (Phi) is 3.38. The molecule has 0 unspecified atom stereocenters. The first-order valence-corrected chi connectivity index (χ1v) is 4.54. The van der Waals surface area contributed by atoms with Crippen molar-refractivity contribution < 1.29 is 13.6 Å². The summed E-state index contributed by atoms with van der Waals surface area (Å²) >= 11 is 8.04. The topological polar surface area (TPSA) is 56.0 Å². The second kappa shape index (κ2) is 4.18. The van der Waals surface area contributed by atoms with Crippen LogP contribution in [0.25, 0.3) is 0 Å². The second-order valence-electron chi connectivity index (χ2n) is 2.36. The number of nitrogens with zero attached hydrogens (tertiary/aromatic N) is 1. The van der Waals surface area contributed by atoms with Gasteiger partial charge in [0.25, 0.3) is 11.7 Å². The maximum Gasteiger partial charge on any atom is 0.281 e. The monoisotopic (exact) mass is 284 g/mol. The van der Waals surface area contributed by atoms with E-state index in [2.05, 4.69) is 20.9 Å². The smallest absolute Gasteiger partial charge is 0.281 e. The van der Waals surface area contributed by atoms with E-state index in [0.29, 0.717) is 0 Å². The predicted octanol–water partition coefficient (Wildman–Crippen LogP) is 2.74. The second-order valence-corrected chi connectivity index (χ2v) is 3.56. The number of rotatable bonds is 2. The van der Waals surface area contributed by atoms with Crippen molar-refractivity contribution in [2.75, 3.05) is 5.73 Å². The van der Waals surface area contributed by atoms with E-state index in [4.69, 9.17) is 17.3 Å². The van der Waals surface area contributed by atoms with Crippen molar-refractivity contribution in [3.63, 3.8) is 0 Å². The van der Waals surface area contributed by atoms with Gasteiger partial charge in [-0.05, 0) is 33.6 Å². The Hall–Kier alpha value is -0.750. The Labute approximate surface area is 91.4 Å². The molecule has 2 N–H and O–H groups in total. The zero-order valence-electron chi connectivity index (χ0n) is 6.60. The highest BCUT2D eigenvalue weighted by Gasteiger charge is 2.22. The van der Waals surface area contributed by atoms with E-state index in [9.17, 15) is 13.6 Å². The van der Waals surface area contributed by atoms with Crippen LogP contribution in [0.4, 0.5) is 14.6 Å². The fraction of sp³-hybridized carbons (Fsp3) is 0.143. The number of hydrogen-bond acceptors (Lipinski definition) is 3. The van der Waals surface area contributed by atoms with Gasteiger partial charge in [0.05, 0.1) is 5.56 Å². The van der Waals surface area contributed by atoms with Gasteiger partial charge < -0.3 is 5.73 Å². The molecule has 7 heteroatoms. The van der Waals surface area contributed by atoms with Gasteiger partial charge in [0.2, 0.25) is 0 Å². The van der Waals surface area contributed by atoms with Gasteiger partial charge >= 0.3 is 0 Å².